The molecule has 0 unspecified atom stereocenters. The van der Waals surface area contributed by atoms with Gasteiger partial charge in [0.15, 0.2) is 9.84 Å². The lowest BCUT2D eigenvalue weighted by Crippen LogP contribution is -2.53. The van der Waals surface area contributed by atoms with Crippen molar-refractivity contribution in [3.05, 3.63) is 53.6 Å². The van der Waals surface area contributed by atoms with Gasteiger partial charge >= 0.3 is 11.8 Å². The predicted octanol–water partition coefficient (Wildman–Crippen LogP) is 1.65. The molecule has 1 N–H and O–H groups in total. The average Bonchev–Trinajstić information content (AvgIpc) is 2.83. The minimum absolute atomic E-state index is 0.000540. The highest BCUT2D eigenvalue weighted by Crippen LogP contribution is 2.20. The van der Waals surface area contributed by atoms with Crippen molar-refractivity contribution in [1.82, 2.24) is 9.80 Å². The number of benzene rings is 2. The molecule has 1 heterocycles. The second-order valence-corrected chi connectivity index (χ2v) is 10.2. The smallest absolute Gasteiger partial charge is 0.313 e. The van der Waals surface area contributed by atoms with E-state index < -0.39 is 21.7 Å². The summed E-state index contributed by atoms with van der Waals surface area (Å²) in [6, 6.07) is 11.9. The lowest BCUT2D eigenvalue weighted by molar-refractivity contribution is -0.146. The monoisotopic (exact) mass is 487 g/mol. The topological polar surface area (TPSA) is 113 Å². The molecule has 2 aromatic rings. The Morgan fingerprint density at radius 2 is 1.59 bits per heavy atom. The number of nitrogens with zero attached hydrogens (tertiary/aromatic N) is 2. The molecule has 0 bridgehead atoms. The first-order chi connectivity index (χ1) is 16.1. The number of ether oxygens (including phenoxy) is 1. The molecule has 0 radical (unpaired) electrons. The lowest BCUT2D eigenvalue weighted by Gasteiger charge is -2.34. The largest absolute Gasteiger partial charge is 0.497 e. The van der Waals surface area contributed by atoms with Gasteiger partial charge in [0.05, 0.1) is 12.0 Å². The Hall–Kier alpha value is -3.40. The average molecular weight is 488 g/mol. The third-order valence-electron chi connectivity index (χ3n) is 5.79. The number of carbonyl (C=O) groups excluding carboxylic acids is 3. The Balaban J connectivity index is 1.51. The van der Waals surface area contributed by atoms with E-state index >= 15 is 0 Å². The van der Waals surface area contributed by atoms with Crippen LogP contribution in [0.2, 0.25) is 0 Å². The molecule has 0 spiro atoms. The Labute approximate surface area is 199 Å². The first-order valence-electron chi connectivity index (χ1n) is 10.9. The molecule has 0 atom stereocenters. The summed E-state index contributed by atoms with van der Waals surface area (Å²) >= 11 is 0. The van der Waals surface area contributed by atoms with E-state index in [1.54, 1.807) is 25.0 Å². The number of anilines is 1. The number of hydrogen-bond acceptors (Lipinski definition) is 6. The van der Waals surface area contributed by atoms with Gasteiger partial charge in [0.1, 0.15) is 5.75 Å². The van der Waals surface area contributed by atoms with Crippen molar-refractivity contribution in [2.24, 2.45) is 0 Å². The molecular formula is C24H29N3O6S. The van der Waals surface area contributed by atoms with E-state index in [9.17, 15) is 22.8 Å². The maximum atomic E-state index is 12.6. The normalized spacial score (nSPS) is 14.0. The molecule has 3 amide bonds. The molecule has 1 aliphatic rings. The van der Waals surface area contributed by atoms with Crippen LogP contribution in [-0.4, -0.2) is 75.5 Å². The SMILES string of the molecule is COc1ccc(CCC(=O)N2CCN(C(=O)C(=O)Nc3cc(S(C)(=O)=O)ccc3C)CC2)cc1. The molecule has 1 fully saturated rings. The molecule has 0 aromatic heterocycles. The van der Waals surface area contributed by atoms with Gasteiger partial charge in [-0.1, -0.05) is 18.2 Å². The number of sulfone groups is 1. The number of amides is 3. The van der Waals surface area contributed by atoms with E-state index in [0.717, 1.165) is 17.6 Å². The van der Waals surface area contributed by atoms with Crippen molar-refractivity contribution in [1.29, 1.82) is 0 Å². The lowest BCUT2D eigenvalue weighted by atomic mass is 10.1. The van der Waals surface area contributed by atoms with Gasteiger partial charge in [-0.15, -0.1) is 0 Å². The summed E-state index contributed by atoms with van der Waals surface area (Å²) in [5.74, 6) is -0.790. The van der Waals surface area contributed by atoms with Gasteiger partial charge in [-0.05, 0) is 48.7 Å². The fourth-order valence-electron chi connectivity index (χ4n) is 3.65. The van der Waals surface area contributed by atoms with E-state index in [4.69, 9.17) is 4.74 Å². The van der Waals surface area contributed by atoms with Crippen LogP contribution in [0.15, 0.2) is 47.4 Å². The summed E-state index contributed by atoms with van der Waals surface area (Å²) in [6.07, 6.45) is 2.04. The third-order valence-corrected chi connectivity index (χ3v) is 6.90. The third kappa shape index (κ3) is 6.34. The van der Waals surface area contributed by atoms with Crippen molar-refractivity contribution in [3.8, 4) is 5.75 Å². The first-order valence-corrected chi connectivity index (χ1v) is 12.8. The highest BCUT2D eigenvalue weighted by Gasteiger charge is 2.28. The van der Waals surface area contributed by atoms with Crippen LogP contribution in [-0.2, 0) is 30.6 Å². The van der Waals surface area contributed by atoms with Crippen LogP contribution in [0.25, 0.3) is 0 Å². The molecule has 1 aliphatic heterocycles. The van der Waals surface area contributed by atoms with Gasteiger partial charge in [-0.2, -0.15) is 0 Å². The second-order valence-electron chi connectivity index (χ2n) is 8.22. The number of piperazine rings is 1. The van der Waals surface area contributed by atoms with Crippen molar-refractivity contribution in [2.45, 2.75) is 24.7 Å². The molecule has 0 aliphatic carbocycles. The summed E-state index contributed by atoms with van der Waals surface area (Å²) in [5, 5.41) is 2.52. The highest BCUT2D eigenvalue weighted by molar-refractivity contribution is 7.90. The Kier molecular flexibility index (Phi) is 7.93. The number of nitrogens with one attached hydrogen (secondary N) is 1. The molecule has 0 saturated carbocycles. The maximum Gasteiger partial charge on any atom is 0.313 e. The van der Waals surface area contributed by atoms with Crippen LogP contribution in [0.4, 0.5) is 5.69 Å². The maximum absolute atomic E-state index is 12.6. The number of hydrogen-bond donors (Lipinski definition) is 1. The summed E-state index contributed by atoms with van der Waals surface area (Å²) in [7, 11) is -1.85. The highest BCUT2D eigenvalue weighted by atomic mass is 32.2. The van der Waals surface area contributed by atoms with Crippen molar-refractivity contribution >= 4 is 33.2 Å². The van der Waals surface area contributed by atoms with Crippen LogP contribution in [0, 0.1) is 6.92 Å². The van der Waals surface area contributed by atoms with Crippen LogP contribution in [0.1, 0.15) is 17.5 Å². The van der Waals surface area contributed by atoms with Crippen LogP contribution in [0.3, 0.4) is 0 Å². The summed E-state index contributed by atoms with van der Waals surface area (Å²) in [4.78, 5) is 40.8. The summed E-state index contributed by atoms with van der Waals surface area (Å²) in [6.45, 7) is 2.92. The summed E-state index contributed by atoms with van der Waals surface area (Å²) < 4.78 is 28.7. The standard InChI is InChI=1S/C24H29N3O6S/c1-17-4-10-20(34(3,31)32)16-21(17)25-23(29)24(30)27-14-12-26(13-15-27)22(28)11-7-18-5-8-19(33-2)9-6-18/h4-6,8-10,16H,7,11-15H2,1-3H3,(H,25,29). The van der Waals surface area contributed by atoms with Gasteiger partial charge < -0.3 is 19.9 Å². The Morgan fingerprint density at radius 1 is 0.971 bits per heavy atom. The van der Waals surface area contributed by atoms with Gasteiger partial charge in [-0.3, -0.25) is 14.4 Å². The summed E-state index contributed by atoms with van der Waals surface area (Å²) in [5.41, 5.74) is 1.95. The number of methoxy groups -OCH3 is 1. The fraction of sp³-hybridized carbons (Fsp3) is 0.375. The van der Waals surface area contributed by atoms with E-state index in [0.29, 0.717) is 31.5 Å². The molecular weight excluding hydrogens is 458 g/mol. The Bertz CT molecular complexity index is 1170. The zero-order valence-electron chi connectivity index (χ0n) is 19.5. The van der Waals surface area contributed by atoms with E-state index in [1.807, 2.05) is 24.3 Å². The number of aryl methyl sites for hydroxylation is 2. The van der Waals surface area contributed by atoms with E-state index in [2.05, 4.69) is 5.32 Å². The zero-order valence-corrected chi connectivity index (χ0v) is 20.4. The van der Waals surface area contributed by atoms with E-state index in [1.165, 1.54) is 17.0 Å². The first kappa shape index (κ1) is 25.2. The molecule has 10 heteroatoms. The van der Waals surface area contributed by atoms with E-state index in [-0.39, 0.29) is 29.6 Å². The molecule has 182 valence electrons. The van der Waals surface area contributed by atoms with Crippen molar-refractivity contribution in [2.75, 3.05) is 44.9 Å². The Morgan fingerprint density at radius 3 is 2.18 bits per heavy atom. The minimum atomic E-state index is -3.45. The van der Waals surface area contributed by atoms with Crippen LogP contribution >= 0.6 is 0 Å². The van der Waals surface area contributed by atoms with Gasteiger partial charge in [0.25, 0.3) is 0 Å². The predicted molar refractivity (Wildman–Crippen MR) is 127 cm³/mol. The molecule has 2 aromatic carbocycles. The van der Waals surface area contributed by atoms with Crippen LogP contribution in [0.5, 0.6) is 5.75 Å². The zero-order chi connectivity index (χ0) is 24.9. The fourth-order valence-corrected chi connectivity index (χ4v) is 4.29. The van der Waals surface area contributed by atoms with Gasteiger partial charge in [0, 0.05) is 44.5 Å². The van der Waals surface area contributed by atoms with Crippen LogP contribution < -0.4 is 10.1 Å². The molecule has 1 saturated heterocycles. The van der Waals surface area contributed by atoms with Gasteiger partial charge in [-0.25, -0.2) is 8.42 Å². The van der Waals surface area contributed by atoms with Crippen molar-refractivity contribution in [3.63, 3.8) is 0 Å². The number of carbonyl (C=O) groups is 3. The second kappa shape index (κ2) is 10.7. The minimum Gasteiger partial charge on any atom is -0.497 e. The quantitative estimate of drug-likeness (QED) is 0.620. The molecule has 9 nitrogen and oxygen atoms in total. The molecule has 3 rings (SSSR count). The molecule has 34 heavy (non-hydrogen) atoms. The number of rotatable bonds is 6. The van der Waals surface area contributed by atoms with Crippen molar-refractivity contribution < 1.29 is 27.5 Å². The van der Waals surface area contributed by atoms with Gasteiger partial charge in [0.2, 0.25) is 5.91 Å².